The van der Waals surface area contributed by atoms with Crippen LogP contribution in [0.1, 0.15) is 40.5 Å². The Morgan fingerprint density at radius 2 is 1.08 bits per heavy atom. The van der Waals surface area contributed by atoms with Crippen molar-refractivity contribution in [3.63, 3.8) is 0 Å². The van der Waals surface area contributed by atoms with Gasteiger partial charge in [0.05, 0.1) is 0 Å². The van der Waals surface area contributed by atoms with Crippen LogP contribution in [0.5, 0.6) is 0 Å². The van der Waals surface area contributed by atoms with Crippen molar-refractivity contribution in [2.45, 2.75) is 40.5 Å². The summed E-state index contributed by atoms with van der Waals surface area (Å²) in [6.07, 6.45) is 2.03. The number of rotatable bonds is 4. The second-order valence-corrected chi connectivity index (χ2v) is 3.36. The van der Waals surface area contributed by atoms with Crippen molar-refractivity contribution in [3.8, 4) is 0 Å². The van der Waals surface area contributed by atoms with Gasteiger partial charge in [0, 0.05) is 0 Å². The molecule has 0 N–H and O–H groups in total. The van der Waals surface area contributed by atoms with E-state index in [1.165, 1.54) is 0 Å². The molecular weight excluding hydrogens is 192 g/mol. The van der Waals surface area contributed by atoms with Crippen LogP contribution in [0.15, 0.2) is 0 Å². The maximum atomic E-state index is 9.86. The Bertz CT molecular complexity index is 61.3. The molecule has 0 spiro atoms. The average molecular weight is 214 g/mol. The van der Waals surface area contributed by atoms with Gasteiger partial charge in [0.2, 0.25) is 0 Å². The second kappa shape index (κ2) is 15.6. The summed E-state index contributed by atoms with van der Waals surface area (Å²) in [6, 6.07) is 0. The van der Waals surface area contributed by atoms with E-state index in [-0.39, 0.29) is 51.0 Å². The molecule has 0 radical (unpaired) electrons. The van der Waals surface area contributed by atoms with E-state index in [9.17, 15) is 10.2 Å². The predicted octanol–water partition coefficient (Wildman–Crippen LogP) is 0.405. The maximum absolute atomic E-state index is 9.86. The summed E-state index contributed by atoms with van der Waals surface area (Å²) in [4.78, 5) is 0. The summed E-state index contributed by atoms with van der Waals surface area (Å²) < 4.78 is 0. The molecule has 0 rings (SSSR count). The third kappa shape index (κ3) is 19.5. The van der Waals surface area contributed by atoms with Gasteiger partial charge in [-0.3, -0.25) is 0 Å². The molecule has 0 aliphatic carbocycles. The van der Waals surface area contributed by atoms with Crippen molar-refractivity contribution in [1.29, 1.82) is 0 Å². The molecule has 0 fully saturated rings. The molecule has 2 atom stereocenters. The van der Waals surface area contributed by atoms with Gasteiger partial charge >= 0.3 is 37.7 Å². The van der Waals surface area contributed by atoms with Crippen LogP contribution in [0.2, 0.25) is 0 Å². The minimum atomic E-state index is 0. The fraction of sp³-hybridized carbons (Fsp3) is 1.00. The second-order valence-electron chi connectivity index (χ2n) is 3.36. The van der Waals surface area contributed by atoms with Crippen LogP contribution in [0, 0.1) is 11.8 Å². The first-order valence-electron chi connectivity index (χ1n) is 4.78. The van der Waals surface area contributed by atoms with Gasteiger partial charge in [-0.05, 0) is 0 Å². The van der Waals surface area contributed by atoms with Crippen molar-refractivity contribution < 1.29 is 10.2 Å². The molecule has 0 aliphatic rings. The van der Waals surface area contributed by atoms with Crippen molar-refractivity contribution in [3.05, 3.63) is 0 Å². The van der Waals surface area contributed by atoms with Crippen LogP contribution in [0.4, 0.5) is 0 Å². The molecule has 2 nitrogen and oxygen atoms in total. The van der Waals surface area contributed by atoms with Crippen LogP contribution in [-0.2, 0) is 0 Å². The molecule has 76 valence electrons. The first-order chi connectivity index (χ1) is 5.62. The molecular formula is C10H22CaO2. The van der Waals surface area contributed by atoms with Crippen LogP contribution >= 0.6 is 0 Å². The van der Waals surface area contributed by atoms with E-state index in [0.717, 1.165) is 12.8 Å². The summed E-state index contributed by atoms with van der Waals surface area (Å²) in [5.41, 5.74) is 0. The van der Waals surface area contributed by atoms with Crippen molar-refractivity contribution in [2.75, 3.05) is 13.2 Å². The number of hydrogen-bond acceptors (Lipinski definition) is 2. The standard InChI is InChI=1S/2C5H11O.Ca/c2*1-3-5(2)4-6;/h2*5H,3-4H2,1-2H3;/q2*-1;+2. The molecule has 0 aromatic carbocycles. The van der Waals surface area contributed by atoms with Crippen molar-refractivity contribution in [1.82, 2.24) is 0 Å². The zero-order valence-corrected chi connectivity index (χ0v) is 11.7. The average Bonchev–Trinajstić information content (AvgIpc) is 2.16. The quantitative estimate of drug-likeness (QED) is 0.636. The first kappa shape index (κ1) is 19.7. The van der Waals surface area contributed by atoms with E-state index in [2.05, 4.69) is 0 Å². The van der Waals surface area contributed by atoms with Gasteiger partial charge in [-0.1, -0.05) is 52.4 Å². The predicted molar refractivity (Wildman–Crippen MR) is 54.4 cm³/mol. The Balaban J connectivity index is -0.000000143. The molecule has 13 heavy (non-hydrogen) atoms. The first-order valence-corrected chi connectivity index (χ1v) is 4.78. The molecule has 0 saturated heterocycles. The molecule has 0 aromatic rings. The molecule has 0 heterocycles. The van der Waals surface area contributed by atoms with Gasteiger partial charge in [-0.15, -0.1) is 13.2 Å². The molecule has 0 bridgehead atoms. The Morgan fingerprint density at radius 1 is 0.846 bits per heavy atom. The summed E-state index contributed by atoms with van der Waals surface area (Å²) in [7, 11) is 0. The van der Waals surface area contributed by atoms with Crippen molar-refractivity contribution in [2.24, 2.45) is 11.8 Å². The third-order valence-electron chi connectivity index (χ3n) is 1.96. The van der Waals surface area contributed by atoms with Crippen LogP contribution in [0.25, 0.3) is 0 Å². The van der Waals surface area contributed by atoms with Gasteiger partial charge in [0.1, 0.15) is 0 Å². The van der Waals surface area contributed by atoms with Gasteiger partial charge in [0.25, 0.3) is 0 Å². The number of hydrogen-bond donors (Lipinski definition) is 0. The fourth-order valence-corrected chi connectivity index (χ4v) is 0.236. The zero-order valence-electron chi connectivity index (χ0n) is 9.51. The molecule has 0 saturated carbocycles. The Hall–Kier alpha value is 1.18. The maximum Gasteiger partial charge on any atom is 2.00 e. The largest absolute Gasteiger partial charge is 2.00 e. The monoisotopic (exact) mass is 214 g/mol. The van der Waals surface area contributed by atoms with E-state index in [4.69, 9.17) is 0 Å². The van der Waals surface area contributed by atoms with Crippen molar-refractivity contribution >= 4 is 37.7 Å². The molecule has 0 amide bonds. The van der Waals surface area contributed by atoms with Crippen LogP contribution in [0.3, 0.4) is 0 Å². The molecule has 3 heteroatoms. The van der Waals surface area contributed by atoms with Crippen LogP contribution < -0.4 is 10.2 Å². The Kier molecular flexibility index (Phi) is 23.7. The summed E-state index contributed by atoms with van der Waals surface area (Å²) in [6.45, 7) is 8.15. The molecule has 0 aromatic heterocycles. The fourth-order valence-electron chi connectivity index (χ4n) is 0.236. The summed E-state index contributed by atoms with van der Waals surface area (Å²) in [5, 5.41) is 19.7. The van der Waals surface area contributed by atoms with Gasteiger partial charge in [0.15, 0.2) is 0 Å². The minimum Gasteiger partial charge on any atom is -0.854 e. The normalized spacial score (nSPS) is 13.4. The molecule has 0 aliphatic heterocycles. The van der Waals surface area contributed by atoms with Gasteiger partial charge < -0.3 is 10.2 Å². The summed E-state index contributed by atoms with van der Waals surface area (Å²) in [5.74, 6) is 0.759. The zero-order chi connectivity index (χ0) is 9.98. The van der Waals surface area contributed by atoms with E-state index < -0.39 is 0 Å². The SMILES string of the molecule is CCC(C)C[O-].CCC(C)C[O-].[Ca+2]. The third-order valence-corrected chi connectivity index (χ3v) is 1.96. The Labute approximate surface area is 113 Å². The van der Waals surface area contributed by atoms with Crippen LogP contribution in [-0.4, -0.2) is 51.0 Å². The summed E-state index contributed by atoms with van der Waals surface area (Å²) >= 11 is 0. The molecule has 2 unspecified atom stereocenters. The van der Waals surface area contributed by atoms with E-state index in [0.29, 0.717) is 11.8 Å². The minimum absolute atomic E-state index is 0. The van der Waals surface area contributed by atoms with E-state index >= 15 is 0 Å². The van der Waals surface area contributed by atoms with E-state index in [1.807, 2.05) is 27.7 Å². The smallest absolute Gasteiger partial charge is 0.854 e. The topological polar surface area (TPSA) is 46.1 Å². The Morgan fingerprint density at radius 3 is 1.08 bits per heavy atom. The van der Waals surface area contributed by atoms with E-state index in [1.54, 1.807) is 0 Å². The van der Waals surface area contributed by atoms with Gasteiger partial charge in [-0.2, -0.15) is 0 Å². The van der Waals surface area contributed by atoms with Gasteiger partial charge in [-0.25, -0.2) is 0 Å².